The molecule has 2 aliphatic heterocycles. The van der Waals surface area contributed by atoms with Crippen molar-refractivity contribution in [1.29, 1.82) is 0 Å². The number of rotatable bonds is 1. The van der Waals surface area contributed by atoms with E-state index in [2.05, 4.69) is 11.1 Å². The van der Waals surface area contributed by atoms with Gasteiger partial charge in [-0.2, -0.15) is 0 Å². The van der Waals surface area contributed by atoms with Gasteiger partial charge in [0.1, 0.15) is 5.15 Å². The number of anilines is 1. The first-order valence-electron chi connectivity index (χ1n) is 8.24. The average Bonchev–Trinajstić information content (AvgIpc) is 2.58. The number of para-hydroxylation sites is 1. The van der Waals surface area contributed by atoms with Crippen molar-refractivity contribution in [3.63, 3.8) is 0 Å². The number of pyridine rings is 1. The van der Waals surface area contributed by atoms with Crippen molar-refractivity contribution in [2.75, 3.05) is 24.5 Å². The van der Waals surface area contributed by atoms with Crippen LogP contribution in [0.5, 0.6) is 0 Å². The van der Waals surface area contributed by atoms with E-state index in [1.54, 1.807) is 19.1 Å². The summed E-state index contributed by atoms with van der Waals surface area (Å²) in [5, 5.41) is 0.373. The Morgan fingerprint density at radius 2 is 1.88 bits per heavy atom. The molecule has 6 heteroatoms. The second-order valence-electron chi connectivity index (χ2n) is 6.94. The summed E-state index contributed by atoms with van der Waals surface area (Å²) < 4.78 is 0. The topological polar surface area (TPSA) is 53.5 Å². The van der Waals surface area contributed by atoms with Crippen molar-refractivity contribution < 1.29 is 9.59 Å². The molecule has 1 aromatic carbocycles. The lowest BCUT2D eigenvalue weighted by molar-refractivity contribution is -0.117. The number of nitrogens with zero attached hydrogens (tertiary/aromatic N) is 3. The van der Waals surface area contributed by atoms with Gasteiger partial charge in [0.05, 0.1) is 5.56 Å². The van der Waals surface area contributed by atoms with Crippen LogP contribution in [-0.4, -0.2) is 41.3 Å². The van der Waals surface area contributed by atoms with Crippen molar-refractivity contribution in [2.45, 2.75) is 13.3 Å². The van der Waals surface area contributed by atoms with Crippen molar-refractivity contribution in [1.82, 2.24) is 9.88 Å². The average molecular weight is 356 g/mol. The van der Waals surface area contributed by atoms with Gasteiger partial charge >= 0.3 is 0 Å². The van der Waals surface area contributed by atoms with Gasteiger partial charge in [0.25, 0.3) is 5.91 Å². The minimum atomic E-state index is -0.0600. The smallest absolute Gasteiger partial charge is 0.255 e. The van der Waals surface area contributed by atoms with E-state index in [1.807, 2.05) is 28.0 Å². The summed E-state index contributed by atoms with van der Waals surface area (Å²) in [4.78, 5) is 32.3. The van der Waals surface area contributed by atoms with Crippen molar-refractivity contribution in [2.24, 2.45) is 5.41 Å². The number of aromatic nitrogens is 1. The summed E-state index contributed by atoms with van der Waals surface area (Å²) in [5.74, 6) is 0.00114. The van der Waals surface area contributed by atoms with E-state index in [1.165, 1.54) is 11.8 Å². The maximum atomic E-state index is 12.6. The molecule has 0 atom stereocenters. The highest BCUT2D eigenvalue weighted by Crippen LogP contribution is 2.43. The molecule has 1 aromatic heterocycles. The fourth-order valence-electron chi connectivity index (χ4n) is 3.89. The van der Waals surface area contributed by atoms with E-state index >= 15 is 0 Å². The van der Waals surface area contributed by atoms with Crippen LogP contribution in [0.15, 0.2) is 42.6 Å². The number of benzene rings is 1. The number of carbonyl (C=O) groups excluding carboxylic acids is 2. The zero-order chi connectivity index (χ0) is 17.6. The molecule has 25 heavy (non-hydrogen) atoms. The van der Waals surface area contributed by atoms with E-state index < -0.39 is 0 Å². The van der Waals surface area contributed by atoms with Crippen LogP contribution in [0.4, 0.5) is 5.69 Å². The quantitative estimate of drug-likeness (QED) is 0.739. The Bertz CT molecular complexity index is 844. The van der Waals surface area contributed by atoms with Gasteiger partial charge in [-0.05, 0) is 30.2 Å². The molecule has 2 aliphatic rings. The maximum Gasteiger partial charge on any atom is 0.255 e. The Morgan fingerprint density at radius 3 is 2.56 bits per heavy atom. The number of carbonyl (C=O) groups is 2. The molecule has 4 rings (SSSR count). The van der Waals surface area contributed by atoms with Crippen LogP contribution in [0.25, 0.3) is 0 Å². The van der Waals surface area contributed by atoms with Gasteiger partial charge in [-0.1, -0.05) is 29.8 Å². The first kappa shape index (κ1) is 16.1. The molecular formula is C19H18ClN3O2. The minimum absolute atomic E-state index is 0.0389. The molecule has 1 fully saturated rings. The molecule has 0 aliphatic carbocycles. The number of halogens is 1. The lowest BCUT2D eigenvalue weighted by atomic mass is 9.71. The number of likely N-dealkylation sites (tertiary alicyclic amines) is 1. The van der Waals surface area contributed by atoms with E-state index in [4.69, 9.17) is 11.6 Å². The summed E-state index contributed by atoms with van der Waals surface area (Å²) in [5.41, 5.74) is 2.64. The van der Waals surface area contributed by atoms with Crippen LogP contribution in [0, 0.1) is 5.41 Å². The number of amides is 2. The summed E-state index contributed by atoms with van der Waals surface area (Å²) in [6, 6.07) is 11.3. The lowest BCUT2D eigenvalue weighted by Gasteiger charge is -2.54. The molecule has 0 bridgehead atoms. The molecule has 2 amide bonds. The van der Waals surface area contributed by atoms with Crippen LogP contribution in [0.2, 0.25) is 5.15 Å². The molecule has 1 spiro atoms. The molecule has 2 aromatic rings. The first-order chi connectivity index (χ1) is 12.0. The predicted molar refractivity (Wildman–Crippen MR) is 95.8 cm³/mol. The summed E-state index contributed by atoms with van der Waals surface area (Å²) in [6.07, 6.45) is 2.39. The third-order valence-electron chi connectivity index (χ3n) is 5.04. The Labute approximate surface area is 151 Å². The third kappa shape index (κ3) is 2.78. The molecule has 0 radical (unpaired) electrons. The van der Waals surface area contributed by atoms with Crippen LogP contribution in [0.1, 0.15) is 22.8 Å². The highest BCUT2D eigenvalue weighted by atomic mass is 35.5. The standard InChI is InChI=1S/C19H18ClN3O2/c1-13(24)23-12-19(8-14-4-2-3-5-16(14)23)10-22(11-19)18(25)15-6-7-17(20)21-9-15/h2-7,9H,8,10-12H2,1H3. The number of fused-ring (bicyclic) bond motifs is 1. The predicted octanol–water partition coefficient (Wildman–Crippen LogP) is 2.79. The zero-order valence-electron chi connectivity index (χ0n) is 13.9. The molecular weight excluding hydrogens is 338 g/mol. The number of hydrogen-bond donors (Lipinski definition) is 0. The van der Waals surface area contributed by atoms with Gasteiger partial charge in [0, 0.05) is 43.9 Å². The Hall–Kier alpha value is -2.40. The fraction of sp³-hybridized carbons (Fsp3) is 0.316. The first-order valence-corrected chi connectivity index (χ1v) is 8.62. The van der Waals surface area contributed by atoms with E-state index in [0.29, 0.717) is 30.4 Å². The highest BCUT2D eigenvalue weighted by Gasteiger charge is 2.49. The van der Waals surface area contributed by atoms with Crippen LogP contribution >= 0.6 is 11.6 Å². The highest BCUT2D eigenvalue weighted by molar-refractivity contribution is 6.29. The largest absolute Gasteiger partial charge is 0.337 e. The fourth-order valence-corrected chi connectivity index (χ4v) is 4.00. The van der Waals surface area contributed by atoms with E-state index in [0.717, 1.165) is 12.1 Å². The van der Waals surface area contributed by atoms with Crippen LogP contribution in [-0.2, 0) is 11.2 Å². The zero-order valence-corrected chi connectivity index (χ0v) is 14.7. The van der Waals surface area contributed by atoms with Gasteiger partial charge in [-0.25, -0.2) is 4.98 Å². The Kier molecular flexibility index (Phi) is 3.76. The van der Waals surface area contributed by atoms with E-state index in [-0.39, 0.29) is 17.2 Å². The molecule has 1 saturated heterocycles. The van der Waals surface area contributed by atoms with Crippen molar-refractivity contribution in [3.05, 3.63) is 58.9 Å². The molecule has 0 N–H and O–H groups in total. The van der Waals surface area contributed by atoms with Crippen molar-refractivity contribution in [3.8, 4) is 0 Å². The Balaban J connectivity index is 1.53. The Morgan fingerprint density at radius 1 is 1.12 bits per heavy atom. The van der Waals surface area contributed by atoms with Crippen LogP contribution < -0.4 is 4.90 Å². The van der Waals surface area contributed by atoms with Gasteiger partial charge in [0.15, 0.2) is 0 Å². The SMILES string of the molecule is CC(=O)N1CC2(Cc3ccccc31)CN(C(=O)c1ccc(Cl)nc1)C2. The summed E-state index contributed by atoms with van der Waals surface area (Å²) in [7, 11) is 0. The monoisotopic (exact) mass is 355 g/mol. The number of hydrogen-bond acceptors (Lipinski definition) is 3. The molecule has 128 valence electrons. The normalized spacial score (nSPS) is 17.8. The molecule has 3 heterocycles. The van der Waals surface area contributed by atoms with Gasteiger partial charge in [-0.3, -0.25) is 9.59 Å². The molecule has 0 saturated carbocycles. The second kappa shape index (κ2) is 5.85. The second-order valence-corrected chi connectivity index (χ2v) is 7.33. The summed E-state index contributed by atoms with van der Waals surface area (Å²) in [6.45, 7) is 3.54. The lowest BCUT2D eigenvalue weighted by Crippen LogP contribution is -2.65. The molecule has 5 nitrogen and oxygen atoms in total. The van der Waals surface area contributed by atoms with Gasteiger partial charge in [0.2, 0.25) is 5.91 Å². The van der Waals surface area contributed by atoms with Crippen LogP contribution in [0.3, 0.4) is 0 Å². The van der Waals surface area contributed by atoms with Crippen molar-refractivity contribution >= 4 is 29.1 Å². The summed E-state index contributed by atoms with van der Waals surface area (Å²) >= 11 is 5.78. The molecule has 0 unspecified atom stereocenters. The third-order valence-corrected chi connectivity index (χ3v) is 5.26. The van der Waals surface area contributed by atoms with E-state index in [9.17, 15) is 9.59 Å². The van der Waals surface area contributed by atoms with Gasteiger partial charge < -0.3 is 9.80 Å². The maximum absolute atomic E-state index is 12.6. The minimum Gasteiger partial charge on any atom is -0.337 e. The van der Waals surface area contributed by atoms with Gasteiger partial charge in [-0.15, -0.1) is 0 Å².